The number of amides is 1. The van der Waals surface area contributed by atoms with Gasteiger partial charge in [-0.25, -0.2) is 13.9 Å². The van der Waals surface area contributed by atoms with Gasteiger partial charge in [-0.3, -0.25) is 4.79 Å². The summed E-state index contributed by atoms with van der Waals surface area (Å²) in [5.74, 6) is -0.187. The van der Waals surface area contributed by atoms with Gasteiger partial charge in [0.05, 0.1) is 21.5 Å². The van der Waals surface area contributed by atoms with Gasteiger partial charge in [-0.2, -0.15) is 4.98 Å². The molecule has 0 aliphatic rings. The zero-order chi connectivity index (χ0) is 19.8. The van der Waals surface area contributed by atoms with E-state index >= 15 is 0 Å². The Bertz CT molecular complexity index is 1310. The molecule has 0 bridgehead atoms. The highest BCUT2D eigenvalue weighted by Crippen LogP contribution is 2.23. The van der Waals surface area contributed by atoms with Crippen LogP contribution in [0.5, 0.6) is 0 Å². The van der Waals surface area contributed by atoms with E-state index in [1.54, 1.807) is 22.7 Å². The van der Waals surface area contributed by atoms with Crippen LogP contribution in [0.4, 0.5) is 4.39 Å². The molecule has 0 saturated heterocycles. The molecule has 0 unspecified atom stereocenters. The Kier molecular flexibility index (Phi) is 4.53. The van der Waals surface area contributed by atoms with E-state index in [1.807, 2.05) is 29.6 Å². The minimum absolute atomic E-state index is 0.191. The van der Waals surface area contributed by atoms with Crippen LogP contribution in [0.15, 0.2) is 53.9 Å². The third-order valence-electron chi connectivity index (χ3n) is 4.42. The number of carbonyl (C=O) groups is 1. The summed E-state index contributed by atoms with van der Waals surface area (Å²) in [7, 11) is 0. The van der Waals surface area contributed by atoms with Crippen LogP contribution < -0.4 is 5.32 Å². The van der Waals surface area contributed by atoms with E-state index in [1.165, 1.54) is 28.7 Å². The number of aromatic nitrogens is 4. The minimum atomic E-state index is -0.351. The summed E-state index contributed by atoms with van der Waals surface area (Å²) < 4.78 is 16.7. The van der Waals surface area contributed by atoms with Gasteiger partial charge in [-0.15, -0.1) is 27.8 Å². The highest BCUT2D eigenvalue weighted by molar-refractivity contribution is 7.20. The molecule has 1 N–H and O–H groups in total. The molecule has 0 spiro atoms. The molecular weight excluding hydrogens is 409 g/mol. The summed E-state index contributed by atoms with van der Waals surface area (Å²) in [6.07, 6.45) is 0.580. The Morgan fingerprint density at radius 3 is 2.79 bits per heavy atom. The van der Waals surface area contributed by atoms with Crippen molar-refractivity contribution in [2.75, 3.05) is 6.54 Å². The van der Waals surface area contributed by atoms with Crippen LogP contribution >= 0.6 is 22.7 Å². The summed E-state index contributed by atoms with van der Waals surface area (Å²) in [4.78, 5) is 21.9. The summed E-state index contributed by atoms with van der Waals surface area (Å²) >= 11 is 2.81. The van der Waals surface area contributed by atoms with Crippen LogP contribution in [0.2, 0.25) is 0 Å². The van der Waals surface area contributed by atoms with Crippen molar-refractivity contribution >= 4 is 43.8 Å². The first-order valence-electron chi connectivity index (χ1n) is 8.91. The van der Waals surface area contributed by atoms with Crippen molar-refractivity contribution in [3.8, 4) is 11.4 Å². The van der Waals surface area contributed by atoms with Crippen LogP contribution in [-0.2, 0) is 6.42 Å². The van der Waals surface area contributed by atoms with Crippen LogP contribution in [-0.4, -0.2) is 32.0 Å². The lowest BCUT2D eigenvalue weighted by atomic mass is 10.2. The van der Waals surface area contributed by atoms with E-state index in [0.29, 0.717) is 34.3 Å². The van der Waals surface area contributed by atoms with E-state index < -0.39 is 0 Å². The largest absolute Gasteiger partial charge is 0.350 e. The molecule has 0 fully saturated rings. The Hall–Kier alpha value is -3.17. The van der Waals surface area contributed by atoms with Gasteiger partial charge in [0.15, 0.2) is 10.8 Å². The maximum absolute atomic E-state index is 14.0. The van der Waals surface area contributed by atoms with Gasteiger partial charge in [0, 0.05) is 18.3 Å². The van der Waals surface area contributed by atoms with E-state index in [0.717, 1.165) is 15.9 Å². The molecule has 5 rings (SSSR count). The van der Waals surface area contributed by atoms with E-state index in [-0.39, 0.29) is 11.7 Å². The van der Waals surface area contributed by atoms with Crippen molar-refractivity contribution in [1.29, 1.82) is 0 Å². The second-order valence-electron chi connectivity index (χ2n) is 6.33. The van der Waals surface area contributed by atoms with Crippen LogP contribution in [0.1, 0.15) is 15.5 Å². The predicted molar refractivity (Wildman–Crippen MR) is 112 cm³/mol. The first-order valence-corrected chi connectivity index (χ1v) is 10.6. The molecule has 0 aliphatic carbocycles. The fourth-order valence-corrected chi connectivity index (χ4v) is 4.74. The number of rotatable bonds is 5. The highest BCUT2D eigenvalue weighted by Gasteiger charge is 2.15. The number of nitrogens with one attached hydrogen (secondary N) is 1. The molecule has 1 amide bonds. The lowest BCUT2D eigenvalue weighted by Gasteiger charge is -2.02. The van der Waals surface area contributed by atoms with Gasteiger partial charge in [0.1, 0.15) is 5.82 Å². The highest BCUT2D eigenvalue weighted by atomic mass is 32.1. The van der Waals surface area contributed by atoms with Crippen LogP contribution in [0.25, 0.3) is 26.6 Å². The first-order chi connectivity index (χ1) is 14.2. The van der Waals surface area contributed by atoms with Crippen molar-refractivity contribution < 1.29 is 9.18 Å². The number of benzene rings is 2. The molecule has 0 aliphatic heterocycles. The number of fused-ring (bicyclic) bond motifs is 2. The monoisotopic (exact) mass is 423 g/mol. The SMILES string of the molecule is O=C(NCCc1csc2nc(-c3ccccc3F)nn12)c1nc2ccccc2s1. The van der Waals surface area contributed by atoms with E-state index in [4.69, 9.17) is 0 Å². The van der Waals surface area contributed by atoms with Gasteiger partial charge in [-0.1, -0.05) is 24.3 Å². The molecule has 0 saturated carbocycles. The minimum Gasteiger partial charge on any atom is -0.350 e. The molecule has 2 aromatic carbocycles. The molecule has 5 aromatic rings. The van der Waals surface area contributed by atoms with Gasteiger partial charge >= 0.3 is 0 Å². The van der Waals surface area contributed by atoms with Crippen molar-refractivity contribution in [1.82, 2.24) is 24.9 Å². The second-order valence-corrected chi connectivity index (χ2v) is 8.20. The zero-order valence-electron chi connectivity index (χ0n) is 15.0. The van der Waals surface area contributed by atoms with E-state index in [9.17, 15) is 9.18 Å². The standard InChI is InChI=1S/C20H14FN5OS2/c21-14-6-2-1-5-13(14)17-24-20-26(25-17)12(11-28-20)9-10-22-18(27)19-23-15-7-3-4-8-16(15)29-19/h1-8,11H,9-10H2,(H,22,27). The third kappa shape index (κ3) is 3.39. The summed E-state index contributed by atoms with van der Waals surface area (Å²) in [6.45, 7) is 0.440. The maximum atomic E-state index is 14.0. The fraction of sp³-hybridized carbons (Fsp3) is 0.100. The third-order valence-corrected chi connectivity index (χ3v) is 6.32. The Balaban J connectivity index is 1.29. The molecule has 9 heteroatoms. The Labute approximate surface area is 172 Å². The molecule has 0 atom stereocenters. The summed E-state index contributed by atoms with van der Waals surface area (Å²) in [5, 5.41) is 9.74. The normalized spacial score (nSPS) is 11.3. The number of hydrogen-bond acceptors (Lipinski definition) is 6. The van der Waals surface area contributed by atoms with Gasteiger partial charge in [0.2, 0.25) is 4.96 Å². The van der Waals surface area contributed by atoms with Gasteiger partial charge < -0.3 is 5.32 Å². The van der Waals surface area contributed by atoms with Crippen LogP contribution in [0.3, 0.4) is 0 Å². The van der Waals surface area contributed by atoms with Crippen molar-refractivity contribution in [2.24, 2.45) is 0 Å². The molecule has 3 heterocycles. The average molecular weight is 423 g/mol. The number of hydrogen-bond donors (Lipinski definition) is 1. The van der Waals surface area contributed by atoms with Gasteiger partial charge in [0.25, 0.3) is 5.91 Å². The number of nitrogens with zero attached hydrogens (tertiary/aromatic N) is 4. The summed E-state index contributed by atoms with van der Waals surface area (Å²) in [6, 6.07) is 14.1. The lowest BCUT2D eigenvalue weighted by Crippen LogP contribution is -2.25. The Morgan fingerprint density at radius 2 is 1.93 bits per heavy atom. The average Bonchev–Trinajstić information content (AvgIpc) is 3.43. The second kappa shape index (κ2) is 7.34. The molecule has 144 valence electrons. The molecule has 3 aromatic heterocycles. The Morgan fingerprint density at radius 1 is 1.10 bits per heavy atom. The molecular formula is C20H14FN5OS2. The number of carbonyl (C=O) groups excluding carboxylic acids is 1. The number of para-hydroxylation sites is 1. The number of thiazole rings is 2. The predicted octanol–water partition coefficient (Wildman–Crippen LogP) is 4.18. The van der Waals surface area contributed by atoms with Crippen molar-refractivity contribution in [3.05, 3.63) is 70.4 Å². The maximum Gasteiger partial charge on any atom is 0.280 e. The number of halogens is 1. The van der Waals surface area contributed by atoms with Crippen molar-refractivity contribution in [3.63, 3.8) is 0 Å². The zero-order valence-corrected chi connectivity index (χ0v) is 16.6. The smallest absolute Gasteiger partial charge is 0.280 e. The molecule has 29 heavy (non-hydrogen) atoms. The van der Waals surface area contributed by atoms with Gasteiger partial charge in [-0.05, 0) is 24.3 Å². The molecule has 0 radical (unpaired) electrons. The van der Waals surface area contributed by atoms with E-state index in [2.05, 4.69) is 20.4 Å². The quantitative estimate of drug-likeness (QED) is 0.460. The lowest BCUT2D eigenvalue weighted by molar-refractivity contribution is 0.0954. The summed E-state index contributed by atoms with van der Waals surface area (Å²) in [5.41, 5.74) is 2.11. The topological polar surface area (TPSA) is 72.2 Å². The first kappa shape index (κ1) is 17.9. The van der Waals surface area contributed by atoms with Crippen molar-refractivity contribution in [2.45, 2.75) is 6.42 Å². The fourth-order valence-electron chi connectivity index (χ4n) is 3.00. The van der Waals surface area contributed by atoms with Crippen LogP contribution in [0, 0.1) is 5.82 Å². The molecule has 6 nitrogen and oxygen atoms in total.